The van der Waals surface area contributed by atoms with E-state index in [-0.39, 0.29) is 5.91 Å². The minimum absolute atomic E-state index is 0.0940. The molecule has 1 aliphatic heterocycles. The van der Waals surface area contributed by atoms with Crippen LogP contribution in [0.3, 0.4) is 0 Å². The van der Waals surface area contributed by atoms with Crippen molar-refractivity contribution in [2.24, 2.45) is 5.73 Å². The Morgan fingerprint density at radius 2 is 2.17 bits per heavy atom. The molecule has 0 radical (unpaired) electrons. The molecular formula is C14H21N3O. The van der Waals surface area contributed by atoms with Crippen LogP contribution >= 0.6 is 0 Å². The topological polar surface area (TPSA) is 58.4 Å². The number of amides is 1. The lowest BCUT2D eigenvalue weighted by atomic mass is 10.1. The largest absolute Gasteiger partial charge is 0.369 e. The first-order valence-electron chi connectivity index (χ1n) is 6.48. The molecule has 0 fully saturated rings. The molecule has 3 N–H and O–H groups in total. The summed E-state index contributed by atoms with van der Waals surface area (Å²) in [5.41, 5.74) is 10.1. The van der Waals surface area contributed by atoms with Crippen LogP contribution in [0.2, 0.25) is 0 Å². The molecule has 4 heteroatoms. The van der Waals surface area contributed by atoms with Gasteiger partial charge in [0.05, 0.1) is 11.4 Å². The first-order chi connectivity index (χ1) is 8.61. The number of hydrogen-bond acceptors (Lipinski definition) is 3. The maximum Gasteiger partial charge on any atom is 0.226 e. The number of hydrogen-bond donors (Lipinski definition) is 2. The van der Waals surface area contributed by atoms with E-state index >= 15 is 0 Å². The summed E-state index contributed by atoms with van der Waals surface area (Å²) in [4.78, 5) is 14.0. The molecule has 0 saturated heterocycles. The molecule has 0 saturated carbocycles. The summed E-state index contributed by atoms with van der Waals surface area (Å²) in [5.74, 6) is 0.0940. The van der Waals surface area contributed by atoms with E-state index in [0.717, 1.165) is 30.9 Å². The highest BCUT2D eigenvalue weighted by Gasteiger charge is 2.20. The molecule has 1 aliphatic rings. The Hall–Kier alpha value is -1.55. The number of carbonyl (C=O) groups is 1. The van der Waals surface area contributed by atoms with E-state index in [4.69, 9.17) is 5.73 Å². The zero-order chi connectivity index (χ0) is 13.1. The molecule has 98 valence electrons. The summed E-state index contributed by atoms with van der Waals surface area (Å²) in [6, 6.07) is 4.20. The molecule has 0 aliphatic carbocycles. The molecule has 0 aromatic heterocycles. The number of aryl methyl sites for hydroxylation is 2. The highest BCUT2D eigenvalue weighted by atomic mass is 16.1. The highest BCUT2D eigenvalue weighted by molar-refractivity contribution is 5.97. The van der Waals surface area contributed by atoms with Crippen LogP contribution in [0, 0.1) is 13.8 Å². The van der Waals surface area contributed by atoms with E-state index in [1.807, 2.05) is 6.07 Å². The van der Waals surface area contributed by atoms with Gasteiger partial charge in [-0.3, -0.25) is 4.79 Å². The molecule has 1 aromatic rings. The summed E-state index contributed by atoms with van der Waals surface area (Å²) >= 11 is 0. The van der Waals surface area contributed by atoms with Gasteiger partial charge in [0.25, 0.3) is 0 Å². The van der Waals surface area contributed by atoms with Crippen molar-refractivity contribution >= 4 is 17.3 Å². The minimum Gasteiger partial charge on any atom is -0.369 e. The molecule has 1 aromatic carbocycles. The van der Waals surface area contributed by atoms with Crippen LogP contribution in [0.1, 0.15) is 24.0 Å². The first-order valence-corrected chi connectivity index (χ1v) is 6.48. The first kappa shape index (κ1) is 12.9. The van der Waals surface area contributed by atoms with Crippen molar-refractivity contribution in [3.05, 3.63) is 23.3 Å². The number of nitrogens with one attached hydrogen (secondary N) is 1. The number of benzene rings is 1. The third-order valence-corrected chi connectivity index (χ3v) is 3.28. The molecule has 2 rings (SSSR count). The molecule has 0 unspecified atom stereocenters. The predicted octanol–water partition coefficient (Wildman–Crippen LogP) is 1.80. The van der Waals surface area contributed by atoms with E-state index in [2.05, 4.69) is 30.1 Å². The van der Waals surface area contributed by atoms with Crippen LogP contribution in [-0.2, 0) is 4.79 Å². The fraction of sp³-hybridized carbons (Fsp3) is 0.500. The summed E-state index contributed by atoms with van der Waals surface area (Å²) < 4.78 is 0. The van der Waals surface area contributed by atoms with Gasteiger partial charge < -0.3 is 16.0 Å². The smallest absolute Gasteiger partial charge is 0.226 e. The van der Waals surface area contributed by atoms with Gasteiger partial charge >= 0.3 is 0 Å². The third-order valence-electron chi connectivity index (χ3n) is 3.28. The number of nitrogens with zero attached hydrogens (tertiary/aromatic N) is 1. The maximum absolute atomic E-state index is 11.7. The van der Waals surface area contributed by atoms with Gasteiger partial charge in [0.15, 0.2) is 0 Å². The number of fused-ring (bicyclic) bond motifs is 1. The number of anilines is 2. The molecule has 18 heavy (non-hydrogen) atoms. The Morgan fingerprint density at radius 3 is 2.89 bits per heavy atom. The van der Waals surface area contributed by atoms with Crippen molar-refractivity contribution in [3.8, 4) is 0 Å². The summed E-state index contributed by atoms with van der Waals surface area (Å²) in [7, 11) is 0. The van der Waals surface area contributed by atoms with Crippen LogP contribution in [0.4, 0.5) is 11.4 Å². The lowest BCUT2D eigenvalue weighted by molar-refractivity contribution is -0.115. The molecule has 0 spiro atoms. The van der Waals surface area contributed by atoms with Crippen LogP contribution in [-0.4, -0.2) is 25.5 Å². The van der Waals surface area contributed by atoms with Gasteiger partial charge in [-0.1, -0.05) is 6.07 Å². The second kappa shape index (κ2) is 5.40. The molecule has 0 atom stereocenters. The highest BCUT2D eigenvalue weighted by Crippen LogP contribution is 2.33. The number of nitrogens with two attached hydrogens (primary N) is 1. The van der Waals surface area contributed by atoms with Crippen molar-refractivity contribution < 1.29 is 4.79 Å². The maximum atomic E-state index is 11.7. The Balaban J connectivity index is 2.40. The average Bonchev–Trinajstić information content (AvgIpc) is 2.45. The van der Waals surface area contributed by atoms with Gasteiger partial charge in [-0.2, -0.15) is 0 Å². The quantitative estimate of drug-likeness (QED) is 0.856. The van der Waals surface area contributed by atoms with Crippen molar-refractivity contribution in [1.29, 1.82) is 0 Å². The summed E-state index contributed by atoms with van der Waals surface area (Å²) in [6.07, 6.45) is 1.48. The summed E-state index contributed by atoms with van der Waals surface area (Å²) in [6.45, 7) is 6.50. The van der Waals surface area contributed by atoms with Gasteiger partial charge in [-0.25, -0.2) is 0 Å². The number of carbonyl (C=O) groups excluding carboxylic acids is 1. The number of rotatable bonds is 3. The van der Waals surface area contributed by atoms with E-state index in [9.17, 15) is 4.79 Å². The lowest BCUT2D eigenvalue weighted by Gasteiger charge is -2.26. The van der Waals surface area contributed by atoms with E-state index in [1.54, 1.807) is 0 Å². The van der Waals surface area contributed by atoms with Crippen molar-refractivity contribution in [2.75, 3.05) is 29.9 Å². The summed E-state index contributed by atoms with van der Waals surface area (Å²) in [5, 5.41) is 3.00. The van der Waals surface area contributed by atoms with Crippen LogP contribution in [0.25, 0.3) is 0 Å². The fourth-order valence-corrected chi connectivity index (χ4v) is 2.54. The SMILES string of the molecule is Cc1cc(C)c2c(c1)NC(=O)CCN2CCCN. The Labute approximate surface area is 108 Å². The van der Waals surface area contributed by atoms with Crippen LogP contribution in [0.15, 0.2) is 12.1 Å². The van der Waals surface area contributed by atoms with Gasteiger partial charge in [0, 0.05) is 19.5 Å². The zero-order valence-corrected chi connectivity index (χ0v) is 11.1. The van der Waals surface area contributed by atoms with Gasteiger partial charge in [0.2, 0.25) is 5.91 Å². The van der Waals surface area contributed by atoms with Gasteiger partial charge in [0.1, 0.15) is 0 Å². The lowest BCUT2D eigenvalue weighted by Crippen LogP contribution is -2.27. The van der Waals surface area contributed by atoms with E-state index < -0.39 is 0 Å². The molecule has 1 heterocycles. The third kappa shape index (κ3) is 2.64. The normalized spacial score (nSPS) is 15.1. The predicted molar refractivity (Wildman–Crippen MR) is 75.0 cm³/mol. The van der Waals surface area contributed by atoms with E-state index in [1.165, 1.54) is 11.1 Å². The van der Waals surface area contributed by atoms with Gasteiger partial charge in [-0.15, -0.1) is 0 Å². The molecular weight excluding hydrogens is 226 g/mol. The molecule has 0 bridgehead atoms. The van der Waals surface area contributed by atoms with Crippen LogP contribution in [0.5, 0.6) is 0 Å². The second-order valence-electron chi connectivity index (χ2n) is 4.91. The molecule has 1 amide bonds. The monoisotopic (exact) mass is 247 g/mol. The van der Waals surface area contributed by atoms with Crippen molar-refractivity contribution in [2.45, 2.75) is 26.7 Å². The van der Waals surface area contributed by atoms with E-state index in [0.29, 0.717) is 13.0 Å². The minimum atomic E-state index is 0.0940. The Bertz CT molecular complexity index is 457. The fourth-order valence-electron chi connectivity index (χ4n) is 2.54. The van der Waals surface area contributed by atoms with Crippen molar-refractivity contribution in [1.82, 2.24) is 0 Å². The van der Waals surface area contributed by atoms with Gasteiger partial charge in [-0.05, 0) is 44.0 Å². The van der Waals surface area contributed by atoms with Crippen molar-refractivity contribution in [3.63, 3.8) is 0 Å². The standard InChI is InChI=1S/C14H21N3O/c1-10-8-11(2)14-12(9-10)16-13(18)4-7-17(14)6-3-5-15/h8-9H,3-7,15H2,1-2H3,(H,16,18). The second-order valence-corrected chi connectivity index (χ2v) is 4.91. The Kier molecular flexibility index (Phi) is 3.87. The average molecular weight is 247 g/mol. The zero-order valence-electron chi connectivity index (χ0n) is 11.1. The van der Waals surface area contributed by atoms with Crippen LogP contribution < -0.4 is 16.0 Å². The molecule has 4 nitrogen and oxygen atoms in total. The Morgan fingerprint density at radius 1 is 1.39 bits per heavy atom.